The highest BCUT2D eigenvalue weighted by atomic mass is 16.5. The standard InChI is InChI=1S/C9H20N2O/c1-4-7-11-9(10)8(5-2)12-6-3/h8H,4-7H2,1-3H3,(H2,10,11). The Morgan fingerprint density at radius 2 is 2.08 bits per heavy atom. The summed E-state index contributed by atoms with van der Waals surface area (Å²) < 4.78 is 5.39. The van der Waals surface area contributed by atoms with Gasteiger partial charge in [0.05, 0.1) is 0 Å². The molecule has 0 spiro atoms. The Hall–Kier alpha value is -0.570. The van der Waals surface area contributed by atoms with Crippen molar-refractivity contribution in [2.24, 2.45) is 10.7 Å². The van der Waals surface area contributed by atoms with Crippen LogP contribution in [0.1, 0.15) is 33.6 Å². The zero-order chi connectivity index (χ0) is 9.40. The number of nitrogens with zero attached hydrogens (tertiary/aromatic N) is 1. The fraction of sp³-hybridized carbons (Fsp3) is 0.889. The lowest BCUT2D eigenvalue weighted by Crippen LogP contribution is -2.31. The third-order valence-corrected chi connectivity index (χ3v) is 1.59. The van der Waals surface area contributed by atoms with Crippen LogP contribution in [0.2, 0.25) is 0 Å². The lowest BCUT2D eigenvalue weighted by molar-refractivity contribution is 0.106. The first-order valence-corrected chi connectivity index (χ1v) is 4.67. The molecule has 1 atom stereocenters. The van der Waals surface area contributed by atoms with Gasteiger partial charge in [-0.2, -0.15) is 0 Å². The predicted molar refractivity (Wildman–Crippen MR) is 52.5 cm³/mol. The van der Waals surface area contributed by atoms with Gasteiger partial charge in [-0.05, 0) is 19.8 Å². The number of ether oxygens (including phenoxy) is 1. The van der Waals surface area contributed by atoms with E-state index >= 15 is 0 Å². The second kappa shape index (κ2) is 7.10. The Balaban J connectivity index is 3.91. The van der Waals surface area contributed by atoms with E-state index in [2.05, 4.69) is 18.8 Å². The molecule has 0 aromatic heterocycles. The second-order valence-electron chi connectivity index (χ2n) is 2.66. The van der Waals surface area contributed by atoms with Crippen LogP contribution in [0, 0.1) is 0 Å². The highest BCUT2D eigenvalue weighted by molar-refractivity contribution is 5.84. The van der Waals surface area contributed by atoms with Gasteiger partial charge in [0.15, 0.2) is 0 Å². The Morgan fingerprint density at radius 3 is 2.50 bits per heavy atom. The van der Waals surface area contributed by atoms with E-state index in [9.17, 15) is 0 Å². The second-order valence-corrected chi connectivity index (χ2v) is 2.66. The number of amidine groups is 1. The van der Waals surface area contributed by atoms with Gasteiger partial charge in [-0.15, -0.1) is 0 Å². The minimum Gasteiger partial charge on any atom is -0.385 e. The van der Waals surface area contributed by atoms with Crippen molar-refractivity contribution in [1.82, 2.24) is 0 Å². The van der Waals surface area contributed by atoms with Gasteiger partial charge in [-0.25, -0.2) is 0 Å². The van der Waals surface area contributed by atoms with E-state index in [1.807, 2.05) is 6.92 Å². The van der Waals surface area contributed by atoms with Crippen LogP contribution < -0.4 is 5.73 Å². The molecule has 0 saturated heterocycles. The van der Waals surface area contributed by atoms with Crippen molar-refractivity contribution in [2.45, 2.75) is 39.7 Å². The minimum absolute atomic E-state index is 0.0153. The molecule has 0 aromatic rings. The van der Waals surface area contributed by atoms with Gasteiger partial charge < -0.3 is 10.5 Å². The molecule has 0 saturated carbocycles. The van der Waals surface area contributed by atoms with Crippen LogP contribution in [0.3, 0.4) is 0 Å². The summed E-state index contributed by atoms with van der Waals surface area (Å²) in [5, 5.41) is 0. The van der Waals surface area contributed by atoms with Crippen LogP contribution >= 0.6 is 0 Å². The van der Waals surface area contributed by atoms with Gasteiger partial charge in [0.2, 0.25) is 0 Å². The van der Waals surface area contributed by atoms with Gasteiger partial charge >= 0.3 is 0 Å². The monoisotopic (exact) mass is 172 g/mol. The van der Waals surface area contributed by atoms with Crippen LogP contribution in [0.15, 0.2) is 4.99 Å². The molecule has 0 heterocycles. The molecule has 0 aliphatic heterocycles. The summed E-state index contributed by atoms with van der Waals surface area (Å²) >= 11 is 0. The molecular weight excluding hydrogens is 152 g/mol. The van der Waals surface area contributed by atoms with Crippen LogP contribution in [0.4, 0.5) is 0 Å². The summed E-state index contributed by atoms with van der Waals surface area (Å²) in [5.74, 6) is 0.640. The number of hydrogen-bond acceptors (Lipinski definition) is 2. The van der Waals surface area contributed by atoms with Gasteiger partial charge in [0, 0.05) is 13.2 Å². The maximum atomic E-state index is 5.73. The molecule has 0 bridgehead atoms. The molecule has 2 N–H and O–H groups in total. The summed E-state index contributed by atoms with van der Waals surface area (Å²) in [6.45, 7) is 7.60. The molecule has 0 rings (SSSR count). The van der Waals surface area contributed by atoms with Crippen molar-refractivity contribution in [2.75, 3.05) is 13.2 Å². The fourth-order valence-electron chi connectivity index (χ4n) is 0.956. The average Bonchev–Trinajstić information content (AvgIpc) is 2.10. The Bertz CT molecular complexity index is 134. The summed E-state index contributed by atoms with van der Waals surface area (Å²) in [6.07, 6.45) is 1.94. The lowest BCUT2D eigenvalue weighted by Gasteiger charge is -2.13. The van der Waals surface area contributed by atoms with Gasteiger partial charge in [0.25, 0.3) is 0 Å². The van der Waals surface area contributed by atoms with E-state index in [1.54, 1.807) is 0 Å². The minimum atomic E-state index is 0.0153. The highest BCUT2D eigenvalue weighted by Crippen LogP contribution is 1.98. The molecular formula is C9H20N2O. The smallest absolute Gasteiger partial charge is 0.123 e. The zero-order valence-electron chi connectivity index (χ0n) is 8.34. The molecule has 0 aliphatic rings. The van der Waals surface area contributed by atoms with Crippen molar-refractivity contribution in [3.8, 4) is 0 Å². The zero-order valence-corrected chi connectivity index (χ0v) is 8.34. The van der Waals surface area contributed by atoms with E-state index in [0.29, 0.717) is 12.4 Å². The quantitative estimate of drug-likeness (QED) is 0.488. The topological polar surface area (TPSA) is 47.6 Å². The molecule has 0 aromatic carbocycles. The first-order valence-electron chi connectivity index (χ1n) is 4.67. The number of hydrogen-bond donors (Lipinski definition) is 1. The third-order valence-electron chi connectivity index (χ3n) is 1.59. The molecule has 0 amide bonds. The van der Waals surface area contributed by atoms with E-state index in [-0.39, 0.29) is 6.10 Å². The number of rotatable bonds is 6. The Labute approximate surface area is 75.0 Å². The predicted octanol–water partition coefficient (Wildman–Crippen LogP) is 1.57. The van der Waals surface area contributed by atoms with E-state index < -0.39 is 0 Å². The molecule has 0 radical (unpaired) electrons. The summed E-state index contributed by atoms with van der Waals surface area (Å²) in [5.41, 5.74) is 5.73. The lowest BCUT2D eigenvalue weighted by atomic mass is 10.2. The molecule has 0 fully saturated rings. The van der Waals surface area contributed by atoms with E-state index in [4.69, 9.17) is 10.5 Å². The molecule has 3 heteroatoms. The SMILES string of the molecule is CCCN=C(N)C(CC)OCC. The number of aliphatic imine (C=N–C) groups is 1. The molecule has 72 valence electrons. The van der Waals surface area contributed by atoms with Crippen molar-refractivity contribution >= 4 is 5.84 Å². The maximum absolute atomic E-state index is 5.73. The van der Waals surface area contributed by atoms with Gasteiger partial charge in [0.1, 0.15) is 11.9 Å². The number of nitrogens with two attached hydrogens (primary N) is 1. The first-order chi connectivity index (χ1) is 5.76. The van der Waals surface area contributed by atoms with E-state index in [0.717, 1.165) is 19.4 Å². The highest BCUT2D eigenvalue weighted by Gasteiger charge is 2.08. The molecule has 3 nitrogen and oxygen atoms in total. The Morgan fingerprint density at radius 1 is 1.42 bits per heavy atom. The molecule has 12 heavy (non-hydrogen) atoms. The summed E-state index contributed by atoms with van der Waals surface area (Å²) in [4.78, 5) is 4.20. The first kappa shape index (κ1) is 11.4. The Kier molecular flexibility index (Phi) is 6.76. The van der Waals surface area contributed by atoms with E-state index in [1.165, 1.54) is 0 Å². The van der Waals surface area contributed by atoms with Crippen LogP contribution in [0.5, 0.6) is 0 Å². The van der Waals surface area contributed by atoms with Crippen molar-refractivity contribution in [3.05, 3.63) is 0 Å². The van der Waals surface area contributed by atoms with Crippen LogP contribution in [0.25, 0.3) is 0 Å². The van der Waals surface area contributed by atoms with Gasteiger partial charge in [-0.3, -0.25) is 4.99 Å². The van der Waals surface area contributed by atoms with Crippen LogP contribution in [-0.2, 0) is 4.74 Å². The summed E-state index contributed by atoms with van der Waals surface area (Å²) in [7, 11) is 0. The fourth-order valence-corrected chi connectivity index (χ4v) is 0.956. The largest absolute Gasteiger partial charge is 0.385 e. The van der Waals surface area contributed by atoms with Gasteiger partial charge in [-0.1, -0.05) is 13.8 Å². The normalized spacial score (nSPS) is 14.8. The average molecular weight is 172 g/mol. The molecule has 1 unspecified atom stereocenters. The van der Waals surface area contributed by atoms with Crippen molar-refractivity contribution in [3.63, 3.8) is 0 Å². The molecule has 0 aliphatic carbocycles. The summed E-state index contributed by atoms with van der Waals surface area (Å²) in [6, 6.07) is 0. The third kappa shape index (κ3) is 4.34. The van der Waals surface area contributed by atoms with Crippen molar-refractivity contribution < 1.29 is 4.74 Å². The van der Waals surface area contributed by atoms with Crippen molar-refractivity contribution in [1.29, 1.82) is 0 Å². The van der Waals surface area contributed by atoms with Crippen LogP contribution in [-0.4, -0.2) is 25.1 Å². The maximum Gasteiger partial charge on any atom is 0.123 e.